The van der Waals surface area contributed by atoms with Crippen molar-refractivity contribution in [3.63, 3.8) is 0 Å². The normalized spacial score (nSPS) is 11.6. The molecule has 0 aromatic carbocycles. The van der Waals surface area contributed by atoms with Gasteiger partial charge in [0.15, 0.2) is 18.3 Å². The Morgan fingerprint density at radius 3 is 2.23 bits per heavy atom. The molecule has 0 fully saturated rings. The fraction of sp³-hybridized carbons (Fsp3) is 0.500. The molecule has 3 heteroatoms. The van der Waals surface area contributed by atoms with Crippen molar-refractivity contribution in [2.24, 2.45) is 0 Å². The quantitative estimate of drug-likeness (QED) is 0.548. The number of aromatic nitrogens is 1. The van der Waals surface area contributed by atoms with Gasteiger partial charge in [0, 0.05) is 12.1 Å². The molecule has 1 aromatic rings. The largest absolute Gasteiger partial charge is 0.195 e. The van der Waals surface area contributed by atoms with Gasteiger partial charge in [-0.25, -0.2) is 0 Å². The lowest BCUT2D eigenvalue weighted by Gasteiger charge is -2.12. The molecule has 0 aliphatic heterocycles. The lowest BCUT2D eigenvalue weighted by molar-refractivity contribution is -0.675. The lowest BCUT2D eigenvalue weighted by atomic mass is 10.5. The van der Waals surface area contributed by atoms with Crippen LogP contribution in [0.3, 0.4) is 0 Å². The van der Waals surface area contributed by atoms with Crippen molar-refractivity contribution >= 4 is 19.8 Å². The van der Waals surface area contributed by atoms with E-state index in [-0.39, 0.29) is 0 Å². The summed E-state index contributed by atoms with van der Waals surface area (Å²) < 4.78 is 2.23. The van der Waals surface area contributed by atoms with Gasteiger partial charge in [0.05, 0.1) is 8.07 Å². The summed E-state index contributed by atoms with van der Waals surface area (Å²) in [5.41, 5.74) is 0. The summed E-state index contributed by atoms with van der Waals surface area (Å²) in [4.78, 5) is 0. The highest BCUT2D eigenvalue weighted by atomic mass is 32.2. The molecule has 0 saturated heterocycles. The number of hydrogen-bond donors (Lipinski definition) is 0. The van der Waals surface area contributed by atoms with Crippen molar-refractivity contribution in [3.8, 4) is 0 Å². The molecule has 0 spiro atoms. The van der Waals surface area contributed by atoms with Crippen LogP contribution in [0.2, 0.25) is 19.6 Å². The summed E-state index contributed by atoms with van der Waals surface area (Å²) in [6.45, 7) is 7.24. The minimum atomic E-state index is -0.861. The van der Waals surface area contributed by atoms with E-state index < -0.39 is 8.07 Å². The van der Waals surface area contributed by atoms with Crippen LogP contribution in [0.25, 0.3) is 0 Å². The molecule has 0 aliphatic rings. The number of thioether (sulfide) groups is 1. The second-order valence-electron chi connectivity index (χ2n) is 4.43. The summed E-state index contributed by atoms with van der Waals surface area (Å²) >= 11 is 2.04. The summed E-state index contributed by atoms with van der Waals surface area (Å²) in [5.74, 6) is 1.09. The Morgan fingerprint density at radius 1 is 1.08 bits per heavy atom. The van der Waals surface area contributed by atoms with E-state index in [9.17, 15) is 0 Å². The van der Waals surface area contributed by atoms with Crippen molar-refractivity contribution in [1.82, 2.24) is 0 Å². The van der Waals surface area contributed by atoms with Crippen LogP contribution in [0.1, 0.15) is 0 Å². The van der Waals surface area contributed by atoms with E-state index in [2.05, 4.69) is 54.8 Å². The smallest absolute Gasteiger partial charge is 0.194 e. The standard InChI is InChI=1S/C10H18NSSi/c1-13(2,3)10-12-9-11-7-5-4-6-8-11/h4-8H,9-10H2,1-3H3/q+1. The zero-order valence-electron chi connectivity index (χ0n) is 8.66. The maximum absolute atomic E-state index is 2.41. The van der Waals surface area contributed by atoms with E-state index >= 15 is 0 Å². The first kappa shape index (κ1) is 10.8. The van der Waals surface area contributed by atoms with Crippen LogP contribution in [0, 0.1) is 0 Å². The number of hydrogen-bond acceptors (Lipinski definition) is 1. The molecule has 1 nitrogen and oxygen atoms in total. The third-order valence-electron chi connectivity index (χ3n) is 1.55. The van der Waals surface area contributed by atoms with Gasteiger partial charge in [0.25, 0.3) is 0 Å². The van der Waals surface area contributed by atoms with Gasteiger partial charge in [-0.2, -0.15) is 4.57 Å². The van der Waals surface area contributed by atoms with Gasteiger partial charge in [0.2, 0.25) is 0 Å². The highest BCUT2D eigenvalue weighted by Crippen LogP contribution is 2.10. The molecule has 72 valence electrons. The van der Waals surface area contributed by atoms with E-state index in [1.165, 1.54) is 5.38 Å². The molecule has 0 unspecified atom stereocenters. The van der Waals surface area contributed by atoms with Gasteiger partial charge in [-0.05, 0) is 5.38 Å². The summed E-state index contributed by atoms with van der Waals surface area (Å²) in [6.07, 6.45) is 4.24. The van der Waals surface area contributed by atoms with Crippen molar-refractivity contribution in [1.29, 1.82) is 0 Å². The third-order valence-corrected chi connectivity index (χ3v) is 6.31. The first-order chi connectivity index (χ1) is 6.08. The predicted octanol–water partition coefficient (Wildman–Crippen LogP) is 2.54. The Balaban J connectivity index is 2.29. The number of pyridine rings is 1. The summed E-state index contributed by atoms with van der Waals surface area (Å²) in [6, 6.07) is 6.21. The Kier molecular flexibility index (Phi) is 4.00. The number of rotatable bonds is 4. The highest BCUT2D eigenvalue weighted by molar-refractivity contribution is 7.99. The molecule has 0 amide bonds. The maximum Gasteiger partial charge on any atom is 0.194 e. The van der Waals surface area contributed by atoms with E-state index in [0.717, 1.165) is 5.88 Å². The summed E-state index contributed by atoms with van der Waals surface area (Å²) in [5, 5.41) is 1.34. The molecule has 0 aliphatic carbocycles. The van der Waals surface area contributed by atoms with E-state index in [4.69, 9.17) is 0 Å². The van der Waals surface area contributed by atoms with E-state index in [1.807, 2.05) is 11.8 Å². The fourth-order valence-corrected chi connectivity index (χ4v) is 4.18. The second-order valence-corrected chi connectivity index (χ2v) is 11.4. The number of nitrogens with zero attached hydrogens (tertiary/aromatic N) is 1. The topological polar surface area (TPSA) is 3.88 Å². The van der Waals surface area contributed by atoms with Crippen LogP contribution >= 0.6 is 11.8 Å². The zero-order chi connectivity index (χ0) is 9.73. The SMILES string of the molecule is C[Si](C)(C)CSC[n+]1ccccc1. The zero-order valence-corrected chi connectivity index (χ0v) is 10.5. The van der Waals surface area contributed by atoms with Crippen molar-refractivity contribution in [2.45, 2.75) is 25.5 Å². The molecule has 13 heavy (non-hydrogen) atoms. The fourth-order valence-electron chi connectivity index (χ4n) is 0.978. The van der Waals surface area contributed by atoms with Gasteiger partial charge in [-0.3, -0.25) is 0 Å². The molecule has 1 aromatic heterocycles. The third kappa shape index (κ3) is 5.11. The second kappa shape index (κ2) is 4.82. The Bertz CT molecular complexity index is 243. The first-order valence-corrected chi connectivity index (χ1v) is 9.46. The molecule has 1 heterocycles. The monoisotopic (exact) mass is 212 g/mol. The predicted molar refractivity (Wildman–Crippen MR) is 62.4 cm³/mol. The van der Waals surface area contributed by atoms with E-state index in [0.29, 0.717) is 0 Å². The van der Waals surface area contributed by atoms with Gasteiger partial charge in [0.1, 0.15) is 0 Å². The first-order valence-electron chi connectivity index (χ1n) is 4.60. The molecule has 0 saturated carbocycles. The van der Waals surface area contributed by atoms with Crippen LogP contribution in [0.4, 0.5) is 0 Å². The minimum absolute atomic E-state index is 0.861. The van der Waals surface area contributed by atoms with Gasteiger partial charge in [-0.15, -0.1) is 0 Å². The molecule has 0 N–H and O–H groups in total. The average Bonchev–Trinajstić information content (AvgIpc) is 2.04. The minimum Gasteiger partial charge on any atom is -0.195 e. The Labute approximate surface area is 86.2 Å². The van der Waals surface area contributed by atoms with Crippen LogP contribution < -0.4 is 4.57 Å². The molecular formula is C10H18NSSi+. The van der Waals surface area contributed by atoms with Crippen LogP contribution in [0.5, 0.6) is 0 Å². The van der Waals surface area contributed by atoms with Gasteiger partial charge in [-0.1, -0.05) is 37.5 Å². The molecule has 0 atom stereocenters. The van der Waals surface area contributed by atoms with Gasteiger partial charge < -0.3 is 0 Å². The van der Waals surface area contributed by atoms with Crippen molar-refractivity contribution in [2.75, 3.05) is 5.38 Å². The molecule has 1 rings (SSSR count). The van der Waals surface area contributed by atoms with Crippen LogP contribution in [-0.2, 0) is 5.88 Å². The van der Waals surface area contributed by atoms with Gasteiger partial charge >= 0.3 is 0 Å². The molecule has 0 bridgehead atoms. The highest BCUT2D eigenvalue weighted by Gasteiger charge is 2.13. The average molecular weight is 212 g/mol. The molecule has 0 radical (unpaired) electrons. The Morgan fingerprint density at radius 2 is 1.69 bits per heavy atom. The van der Waals surface area contributed by atoms with Crippen LogP contribution in [-0.4, -0.2) is 13.5 Å². The molecular weight excluding hydrogens is 194 g/mol. The van der Waals surface area contributed by atoms with Crippen molar-refractivity contribution in [3.05, 3.63) is 30.6 Å². The van der Waals surface area contributed by atoms with E-state index in [1.54, 1.807) is 0 Å². The van der Waals surface area contributed by atoms with Crippen molar-refractivity contribution < 1.29 is 4.57 Å². The maximum atomic E-state index is 2.41. The Hall–Kier alpha value is -0.283. The van der Waals surface area contributed by atoms with Crippen LogP contribution in [0.15, 0.2) is 30.6 Å². The summed E-state index contributed by atoms with van der Waals surface area (Å²) in [7, 11) is -0.861. The lowest BCUT2D eigenvalue weighted by Crippen LogP contribution is -2.33.